The van der Waals surface area contributed by atoms with Gasteiger partial charge >= 0.3 is 0 Å². The largest absolute Gasteiger partial charge is 0.395 e. The van der Waals surface area contributed by atoms with E-state index >= 15 is 0 Å². The zero-order valence-corrected chi connectivity index (χ0v) is 8.21. The Morgan fingerprint density at radius 3 is 2.91 bits per heavy atom. The molecule has 0 aliphatic carbocycles. The average Bonchev–Trinajstić information content (AvgIpc) is 2.37. The van der Waals surface area contributed by atoms with Crippen molar-refractivity contribution in [3.05, 3.63) is 5.15 Å². The molecule has 0 fully saturated rings. The monoisotopic (exact) mass is 210 g/mol. The number of rotatable bonds is 3. The van der Waals surface area contributed by atoms with E-state index in [0.717, 1.165) is 11.7 Å². The van der Waals surface area contributed by atoms with Gasteiger partial charge in [-0.3, -0.25) is 0 Å². The molecule has 1 aromatic heterocycles. The van der Waals surface area contributed by atoms with E-state index in [-0.39, 0.29) is 11.9 Å². The molecular weight excluding hydrogens is 204 g/mol. The fourth-order valence-electron chi connectivity index (χ4n) is 0.468. The summed E-state index contributed by atoms with van der Waals surface area (Å²) in [7, 11) is 0. The van der Waals surface area contributed by atoms with E-state index in [9.17, 15) is 0 Å². The van der Waals surface area contributed by atoms with Gasteiger partial charge in [0.15, 0.2) is 5.15 Å². The lowest BCUT2D eigenvalue weighted by molar-refractivity contribution is 0.300. The number of hydrogen-bond acceptors (Lipinski definition) is 5. The van der Waals surface area contributed by atoms with Crippen LogP contribution in [0.3, 0.4) is 0 Å². The van der Waals surface area contributed by atoms with E-state index in [2.05, 4.69) is 8.75 Å². The number of nitrogens with zero attached hydrogens (tertiary/aromatic N) is 2. The molecular formula is C5H7ClN2OS2. The lowest BCUT2D eigenvalue weighted by Crippen LogP contribution is -2.01. The first-order valence-electron chi connectivity index (χ1n) is 2.99. The summed E-state index contributed by atoms with van der Waals surface area (Å²) in [5, 5.41) is 9.97. The molecule has 0 amide bonds. The van der Waals surface area contributed by atoms with E-state index in [1.54, 1.807) is 0 Å². The molecule has 11 heavy (non-hydrogen) atoms. The van der Waals surface area contributed by atoms with Crippen molar-refractivity contribution in [3.63, 3.8) is 0 Å². The normalized spacial score (nSPS) is 13.4. The number of halogens is 1. The quantitative estimate of drug-likeness (QED) is 0.771. The maximum absolute atomic E-state index is 8.72. The summed E-state index contributed by atoms with van der Waals surface area (Å²) in [5.41, 5.74) is 0. The Bertz CT molecular complexity index is 230. The minimum atomic E-state index is 0.122. The van der Waals surface area contributed by atoms with E-state index in [1.165, 1.54) is 11.8 Å². The van der Waals surface area contributed by atoms with Crippen LogP contribution in [0.15, 0.2) is 5.03 Å². The first-order valence-corrected chi connectivity index (χ1v) is 4.98. The van der Waals surface area contributed by atoms with Crippen LogP contribution in [0, 0.1) is 0 Å². The highest BCUT2D eigenvalue weighted by atomic mass is 35.5. The average molecular weight is 211 g/mol. The number of hydrogen-bond donors (Lipinski definition) is 1. The van der Waals surface area contributed by atoms with Crippen LogP contribution in [0.4, 0.5) is 0 Å². The molecule has 0 radical (unpaired) electrons. The Morgan fingerprint density at radius 2 is 2.45 bits per heavy atom. The fourth-order valence-corrected chi connectivity index (χ4v) is 2.07. The van der Waals surface area contributed by atoms with Crippen molar-refractivity contribution in [1.82, 2.24) is 8.75 Å². The molecule has 0 aliphatic rings. The molecule has 0 saturated heterocycles. The van der Waals surface area contributed by atoms with Gasteiger partial charge in [-0.05, 0) is 0 Å². The van der Waals surface area contributed by atoms with Crippen molar-refractivity contribution in [3.8, 4) is 0 Å². The predicted molar refractivity (Wildman–Crippen MR) is 47.3 cm³/mol. The molecule has 0 aliphatic heterocycles. The van der Waals surface area contributed by atoms with Crippen LogP contribution in [-0.2, 0) is 0 Å². The first-order chi connectivity index (χ1) is 5.24. The van der Waals surface area contributed by atoms with Gasteiger partial charge in [0.05, 0.1) is 18.3 Å². The van der Waals surface area contributed by atoms with Gasteiger partial charge in [-0.2, -0.15) is 8.75 Å². The molecule has 1 heterocycles. The second-order valence-electron chi connectivity index (χ2n) is 1.97. The molecule has 1 atom stereocenters. The highest BCUT2D eigenvalue weighted by molar-refractivity contribution is 8.00. The van der Waals surface area contributed by atoms with Gasteiger partial charge in [-0.15, -0.1) is 0 Å². The van der Waals surface area contributed by atoms with Crippen LogP contribution in [0.5, 0.6) is 0 Å². The molecule has 0 aromatic carbocycles. The van der Waals surface area contributed by atoms with E-state index in [4.69, 9.17) is 16.7 Å². The number of aromatic nitrogens is 2. The van der Waals surface area contributed by atoms with Crippen molar-refractivity contribution in [2.75, 3.05) is 6.61 Å². The van der Waals surface area contributed by atoms with Gasteiger partial charge in [0.25, 0.3) is 0 Å². The fraction of sp³-hybridized carbons (Fsp3) is 0.600. The Labute approximate surface area is 78.1 Å². The summed E-state index contributed by atoms with van der Waals surface area (Å²) in [6, 6.07) is 0. The van der Waals surface area contributed by atoms with Gasteiger partial charge in [-0.1, -0.05) is 30.3 Å². The van der Waals surface area contributed by atoms with Crippen LogP contribution < -0.4 is 0 Å². The van der Waals surface area contributed by atoms with Gasteiger partial charge in [0, 0.05) is 5.25 Å². The summed E-state index contributed by atoms with van der Waals surface area (Å²) in [4.78, 5) is 0. The molecule has 1 N–H and O–H groups in total. The number of aliphatic hydroxyl groups is 1. The number of thioether (sulfide) groups is 1. The standard InChI is InChI=1S/C5H7ClN2OS2/c1-3(2-9)10-5-4(6)7-11-8-5/h3,9H,2H2,1H3. The third kappa shape index (κ3) is 2.59. The Morgan fingerprint density at radius 1 is 1.73 bits per heavy atom. The van der Waals surface area contributed by atoms with Crippen molar-refractivity contribution >= 4 is 35.1 Å². The van der Waals surface area contributed by atoms with Crippen LogP contribution >= 0.6 is 35.1 Å². The van der Waals surface area contributed by atoms with Crippen molar-refractivity contribution < 1.29 is 5.11 Å². The second-order valence-corrected chi connectivity index (χ2v) is 4.28. The molecule has 3 nitrogen and oxygen atoms in total. The second kappa shape index (κ2) is 4.25. The minimum Gasteiger partial charge on any atom is -0.395 e. The summed E-state index contributed by atoms with van der Waals surface area (Å²) < 4.78 is 7.75. The van der Waals surface area contributed by atoms with Crippen molar-refractivity contribution in [1.29, 1.82) is 0 Å². The SMILES string of the molecule is CC(CO)Sc1nsnc1Cl. The van der Waals surface area contributed by atoms with Gasteiger partial charge in [0.2, 0.25) is 0 Å². The van der Waals surface area contributed by atoms with E-state index < -0.39 is 0 Å². The number of aliphatic hydroxyl groups excluding tert-OH is 1. The molecule has 62 valence electrons. The van der Waals surface area contributed by atoms with Crippen LogP contribution in [0.25, 0.3) is 0 Å². The summed E-state index contributed by atoms with van der Waals surface area (Å²) in [6.07, 6.45) is 0. The van der Waals surface area contributed by atoms with Gasteiger partial charge in [0.1, 0.15) is 5.03 Å². The maximum Gasteiger partial charge on any atom is 0.176 e. The van der Waals surface area contributed by atoms with Crippen molar-refractivity contribution in [2.24, 2.45) is 0 Å². The molecule has 6 heteroatoms. The Balaban J connectivity index is 2.56. The summed E-state index contributed by atoms with van der Waals surface area (Å²) >= 11 is 8.19. The van der Waals surface area contributed by atoms with Gasteiger partial charge in [-0.25, -0.2) is 0 Å². The Hall–Kier alpha value is 0.160. The van der Waals surface area contributed by atoms with Crippen LogP contribution in [-0.4, -0.2) is 25.7 Å². The van der Waals surface area contributed by atoms with Crippen LogP contribution in [0.2, 0.25) is 5.15 Å². The predicted octanol–water partition coefficient (Wildman–Crippen LogP) is 1.66. The molecule has 1 rings (SSSR count). The van der Waals surface area contributed by atoms with Gasteiger partial charge < -0.3 is 5.11 Å². The molecule has 0 bridgehead atoms. The lowest BCUT2D eigenvalue weighted by Gasteiger charge is -2.02. The maximum atomic E-state index is 8.72. The molecule has 0 saturated carbocycles. The van der Waals surface area contributed by atoms with Crippen molar-refractivity contribution in [2.45, 2.75) is 17.2 Å². The zero-order chi connectivity index (χ0) is 8.27. The van der Waals surface area contributed by atoms with Crippen LogP contribution in [0.1, 0.15) is 6.92 Å². The smallest absolute Gasteiger partial charge is 0.176 e. The molecule has 1 aromatic rings. The third-order valence-electron chi connectivity index (χ3n) is 0.991. The lowest BCUT2D eigenvalue weighted by atomic mass is 10.5. The zero-order valence-electron chi connectivity index (χ0n) is 5.82. The summed E-state index contributed by atoms with van der Waals surface area (Å²) in [5.74, 6) is 0. The first kappa shape index (κ1) is 9.25. The molecule has 1 unspecified atom stereocenters. The third-order valence-corrected chi connectivity index (χ3v) is 3.17. The summed E-state index contributed by atoms with van der Waals surface area (Å²) in [6.45, 7) is 2.03. The highest BCUT2D eigenvalue weighted by Crippen LogP contribution is 2.27. The van der Waals surface area contributed by atoms with E-state index in [1.807, 2.05) is 6.92 Å². The molecule has 0 spiro atoms. The highest BCUT2D eigenvalue weighted by Gasteiger charge is 2.09. The minimum absolute atomic E-state index is 0.122. The topological polar surface area (TPSA) is 46.0 Å². The Kier molecular flexibility index (Phi) is 3.58. The van der Waals surface area contributed by atoms with E-state index in [0.29, 0.717) is 10.2 Å².